The zero-order chi connectivity index (χ0) is 8.91. The number of hydrogen-bond donors (Lipinski definition) is 3. The van der Waals surface area contributed by atoms with Crippen LogP contribution in [0.2, 0.25) is 0 Å². The van der Waals surface area contributed by atoms with Crippen molar-refractivity contribution < 1.29 is 9.90 Å². The summed E-state index contributed by atoms with van der Waals surface area (Å²) in [6, 6.07) is 0. The molecular weight excluding hydrogens is 144 g/mol. The van der Waals surface area contributed by atoms with E-state index in [4.69, 9.17) is 23.0 Å². The van der Waals surface area contributed by atoms with Crippen LogP contribution in [0.1, 0.15) is 0 Å². The molecule has 0 aliphatic rings. The maximum Gasteiger partial charge on any atom is 0.340 e. The Morgan fingerprint density at radius 1 is 1.82 bits per heavy atom. The fourth-order valence-electron chi connectivity index (χ4n) is 0.435. The minimum atomic E-state index is -1.72. The van der Waals surface area contributed by atoms with E-state index in [2.05, 4.69) is 0 Å². The first kappa shape index (κ1) is 9.69. The zero-order valence-corrected chi connectivity index (χ0v) is 5.95. The van der Waals surface area contributed by atoms with Gasteiger partial charge in [-0.1, -0.05) is 12.0 Å². The van der Waals surface area contributed by atoms with Crippen molar-refractivity contribution in [3.8, 4) is 12.3 Å². The van der Waals surface area contributed by atoms with E-state index in [-0.39, 0.29) is 6.54 Å². The monoisotopic (exact) mass is 154 g/mol. The minimum Gasteiger partial charge on any atom is -0.479 e. The van der Waals surface area contributed by atoms with Crippen molar-refractivity contribution in [2.75, 3.05) is 6.54 Å². The van der Waals surface area contributed by atoms with Crippen molar-refractivity contribution in [1.82, 2.24) is 0 Å². The number of nitrogens with two attached hydrogens (primary N) is 2. The van der Waals surface area contributed by atoms with Crippen LogP contribution in [-0.4, -0.2) is 23.2 Å². The van der Waals surface area contributed by atoms with Gasteiger partial charge in [0.2, 0.25) is 0 Å². The summed E-state index contributed by atoms with van der Waals surface area (Å²) in [5.74, 6) is 0.689. The number of aliphatic carboxylic acids is 1. The first-order chi connectivity index (χ1) is 5.06. The number of rotatable bonds is 3. The molecule has 0 aromatic heterocycles. The maximum atomic E-state index is 10.4. The molecule has 0 saturated heterocycles. The van der Waals surface area contributed by atoms with Crippen LogP contribution in [0.25, 0.3) is 0 Å². The minimum absolute atomic E-state index is 0.216. The van der Waals surface area contributed by atoms with Gasteiger partial charge in [-0.05, 0) is 6.08 Å². The molecule has 11 heavy (non-hydrogen) atoms. The molecule has 1 atom stereocenters. The average molecular weight is 154 g/mol. The summed E-state index contributed by atoms with van der Waals surface area (Å²) in [5.41, 5.74) is 8.61. The van der Waals surface area contributed by atoms with Gasteiger partial charge in [-0.2, -0.15) is 0 Å². The molecule has 4 heteroatoms. The molecule has 0 spiro atoms. The highest BCUT2D eigenvalue weighted by Gasteiger charge is 2.27. The standard InChI is InChI=1S/C7H10N2O2/c1-2-7(9,6(10)11)4-3-5-8/h1,3-4H,5,8-9H2,(H,10,11). The topological polar surface area (TPSA) is 89.3 Å². The lowest BCUT2D eigenvalue weighted by Gasteiger charge is -2.11. The lowest BCUT2D eigenvalue weighted by atomic mass is 10.0. The van der Waals surface area contributed by atoms with Gasteiger partial charge >= 0.3 is 5.97 Å². The van der Waals surface area contributed by atoms with E-state index in [1.807, 2.05) is 5.92 Å². The summed E-state index contributed by atoms with van der Waals surface area (Å²) in [6.07, 6.45) is 7.50. The van der Waals surface area contributed by atoms with Gasteiger partial charge < -0.3 is 16.6 Å². The molecule has 5 N–H and O–H groups in total. The number of carboxylic acid groups (broad SMARTS) is 1. The van der Waals surface area contributed by atoms with Crippen LogP contribution in [-0.2, 0) is 4.79 Å². The Labute approximate surface area is 64.9 Å². The Bertz CT molecular complexity index is 217. The molecule has 0 radical (unpaired) electrons. The van der Waals surface area contributed by atoms with Crippen LogP contribution in [0.3, 0.4) is 0 Å². The van der Waals surface area contributed by atoms with Crippen LogP contribution in [0, 0.1) is 12.3 Å². The Hall–Kier alpha value is -1.31. The fraction of sp³-hybridized carbons (Fsp3) is 0.286. The number of carboxylic acids is 1. The third kappa shape index (κ3) is 2.42. The van der Waals surface area contributed by atoms with Gasteiger partial charge in [-0.3, -0.25) is 0 Å². The van der Waals surface area contributed by atoms with Gasteiger partial charge in [0.15, 0.2) is 5.54 Å². The number of terminal acetylenes is 1. The summed E-state index contributed by atoms with van der Waals surface area (Å²) in [6.45, 7) is 0.216. The van der Waals surface area contributed by atoms with Gasteiger partial charge in [0.1, 0.15) is 0 Å². The van der Waals surface area contributed by atoms with Crippen molar-refractivity contribution in [3.05, 3.63) is 12.2 Å². The molecule has 0 rings (SSSR count). The summed E-state index contributed by atoms with van der Waals surface area (Å²) in [4.78, 5) is 10.4. The van der Waals surface area contributed by atoms with Crippen LogP contribution in [0.15, 0.2) is 12.2 Å². The van der Waals surface area contributed by atoms with E-state index in [1.165, 1.54) is 12.2 Å². The molecule has 1 unspecified atom stereocenters. The Balaban J connectivity index is 4.51. The predicted molar refractivity (Wildman–Crippen MR) is 41.6 cm³/mol. The molecule has 0 aliphatic carbocycles. The van der Waals surface area contributed by atoms with Gasteiger partial charge in [0.25, 0.3) is 0 Å². The second-order valence-corrected chi connectivity index (χ2v) is 1.96. The first-order valence-corrected chi connectivity index (χ1v) is 2.94. The van der Waals surface area contributed by atoms with Gasteiger partial charge in [0.05, 0.1) is 0 Å². The maximum absolute atomic E-state index is 10.4. The third-order valence-corrected chi connectivity index (χ3v) is 1.11. The highest BCUT2D eigenvalue weighted by Crippen LogP contribution is 2.00. The molecule has 0 bridgehead atoms. The van der Waals surface area contributed by atoms with Crippen LogP contribution in [0.4, 0.5) is 0 Å². The third-order valence-electron chi connectivity index (χ3n) is 1.11. The van der Waals surface area contributed by atoms with E-state index < -0.39 is 11.5 Å². The first-order valence-electron chi connectivity index (χ1n) is 2.94. The van der Waals surface area contributed by atoms with Crippen LogP contribution < -0.4 is 11.5 Å². The predicted octanol–water partition coefficient (Wildman–Crippen LogP) is -1.08. The van der Waals surface area contributed by atoms with Crippen molar-refractivity contribution in [1.29, 1.82) is 0 Å². The van der Waals surface area contributed by atoms with Crippen LogP contribution in [0.5, 0.6) is 0 Å². The van der Waals surface area contributed by atoms with Gasteiger partial charge in [0, 0.05) is 6.54 Å². The number of hydrogen-bond acceptors (Lipinski definition) is 3. The second kappa shape index (κ2) is 3.76. The smallest absolute Gasteiger partial charge is 0.340 e. The molecular formula is C7H10N2O2. The molecule has 0 saturated carbocycles. The van der Waals surface area contributed by atoms with E-state index in [0.717, 1.165) is 0 Å². The molecule has 4 nitrogen and oxygen atoms in total. The molecule has 0 amide bonds. The normalized spacial score (nSPS) is 15.7. The summed E-state index contributed by atoms with van der Waals surface area (Å²) in [5, 5.41) is 8.50. The van der Waals surface area contributed by atoms with Crippen molar-refractivity contribution in [2.24, 2.45) is 11.5 Å². The lowest BCUT2D eigenvalue weighted by Crippen LogP contribution is -2.44. The van der Waals surface area contributed by atoms with E-state index in [0.29, 0.717) is 0 Å². The second-order valence-electron chi connectivity index (χ2n) is 1.96. The summed E-state index contributed by atoms with van der Waals surface area (Å²) in [7, 11) is 0. The highest BCUT2D eigenvalue weighted by atomic mass is 16.4. The highest BCUT2D eigenvalue weighted by molar-refractivity contribution is 5.85. The zero-order valence-electron chi connectivity index (χ0n) is 5.95. The number of carbonyl (C=O) groups is 1. The average Bonchev–Trinajstić information content (AvgIpc) is 2.00. The Morgan fingerprint density at radius 2 is 2.36 bits per heavy atom. The van der Waals surface area contributed by atoms with Crippen LogP contribution >= 0.6 is 0 Å². The molecule has 0 aromatic rings. The lowest BCUT2D eigenvalue weighted by molar-refractivity contribution is -0.139. The Kier molecular flexibility index (Phi) is 3.31. The molecule has 0 heterocycles. The Morgan fingerprint density at radius 3 is 2.64 bits per heavy atom. The van der Waals surface area contributed by atoms with E-state index in [9.17, 15) is 4.79 Å². The molecule has 0 aromatic carbocycles. The SMILES string of the molecule is C#CC(N)(C=CCN)C(=O)O. The van der Waals surface area contributed by atoms with Crippen molar-refractivity contribution in [2.45, 2.75) is 5.54 Å². The van der Waals surface area contributed by atoms with E-state index in [1.54, 1.807) is 0 Å². The fourth-order valence-corrected chi connectivity index (χ4v) is 0.435. The summed E-state index contributed by atoms with van der Waals surface area (Å²) < 4.78 is 0. The van der Waals surface area contributed by atoms with Crippen molar-refractivity contribution >= 4 is 5.97 Å². The molecule has 0 aliphatic heterocycles. The van der Waals surface area contributed by atoms with E-state index >= 15 is 0 Å². The van der Waals surface area contributed by atoms with Gasteiger partial charge in [-0.25, -0.2) is 4.79 Å². The molecule has 0 fully saturated rings. The summed E-state index contributed by atoms with van der Waals surface area (Å²) >= 11 is 0. The van der Waals surface area contributed by atoms with Crippen molar-refractivity contribution in [3.63, 3.8) is 0 Å². The van der Waals surface area contributed by atoms with Gasteiger partial charge in [-0.15, -0.1) is 6.42 Å². The quantitative estimate of drug-likeness (QED) is 0.356. The molecule has 60 valence electrons. The largest absolute Gasteiger partial charge is 0.479 e.